The van der Waals surface area contributed by atoms with Crippen molar-refractivity contribution in [1.29, 1.82) is 0 Å². The van der Waals surface area contributed by atoms with Crippen molar-refractivity contribution in [2.24, 2.45) is 23.7 Å². The zero-order valence-corrected chi connectivity index (χ0v) is 9.24. The molecule has 0 aliphatic heterocycles. The quantitative estimate of drug-likeness (QED) is 0.634. The molecule has 0 spiro atoms. The van der Waals surface area contributed by atoms with Gasteiger partial charge in [0.2, 0.25) is 0 Å². The molecule has 0 heterocycles. The van der Waals surface area contributed by atoms with Crippen LogP contribution in [0.25, 0.3) is 0 Å². The van der Waals surface area contributed by atoms with Gasteiger partial charge in [-0.05, 0) is 11.8 Å². The molecule has 3 nitrogen and oxygen atoms in total. The lowest BCUT2D eigenvalue weighted by molar-refractivity contribution is -0.149. The maximum absolute atomic E-state index is 11.5. The van der Waals surface area contributed by atoms with Crippen molar-refractivity contribution in [3.8, 4) is 0 Å². The number of methoxy groups -OCH3 is 1. The van der Waals surface area contributed by atoms with Crippen LogP contribution < -0.4 is 0 Å². The van der Waals surface area contributed by atoms with Crippen LogP contribution in [0.5, 0.6) is 0 Å². The molecule has 0 amide bonds. The maximum atomic E-state index is 11.5. The highest BCUT2D eigenvalue weighted by atomic mass is 16.5. The molecule has 0 radical (unpaired) electrons. The second-order valence-electron chi connectivity index (χ2n) is 4.42. The molecule has 1 fully saturated rings. The van der Waals surface area contributed by atoms with Crippen molar-refractivity contribution >= 4 is 11.8 Å². The van der Waals surface area contributed by atoms with E-state index in [9.17, 15) is 9.59 Å². The van der Waals surface area contributed by atoms with Gasteiger partial charge in [0.15, 0.2) is 0 Å². The van der Waals surface area contributed by atoms with Crippen LogP contribution >= 0.6 is 0 Å². The highest BCUT2D eigenvalue weighted by Crippen LogP contribution is 2.39. The summed E-state index contributed by atoms with van der Waals surface area (Å²) in [5.41, 5.74) is 0. The molecule has 0 bridgehead atoms. The van der Waals surface area contributed by atoms with E-state index in [1.54, 1.807) is 0 Å². The van der Waals surface area contributed by atoms with Gasteiger partial charge in [-0.1, -0.05) is 20.8 Å². The first-order chi connectivity index (χ1) is 6.49. The molecule has 1 rings (SSSR count). The molecule has 1 aliphatic carbocycles. The molecule has 0 saturated heterocycles. The molecular weight excluding hydrogens is 180 g/mol. The van der Waals surface area contributed by atoms with Crippen molar-refractivity contribution in [2.45, 2.75) is 27.2 Å². The number of ketones is 1. The molecule has 1 saturated carbocycles. The highest BCUT2D eigenvalue weighted by Gasteiger charge is 2.45. The number of hydrogen-bond donors (Lipinski definition) is 0. The Hall–Kier alpha value is -0.860. The molecule has 3 heteroatoms. The molecule has 0 aromatic heterocycles. The Kier molecular flexibility index (Phi) is 3.29. The van der Waals surface area contributed by atoms with Crippen molar-refractivity contribution in [2.75, 3.05) is 7.11 Å². The summed E-state index contributed by atoms with van der Waals surface area (Å²) in [4.78, 5) is 23.0. The Morgan fingerprint density at radius 1 is 1.50 bits per heavy atom. The normalized spacial score (nSPS) is 32.4. The van der Waals surface area contributed by atoms with E-state index in [-0.39, 0.29) is 29.5 Å². The predicted molar refractivity (Wildman–Crippen MR) is 52.6 cm³/mol. The third-order valence-corrected chi connectivity index (χ3v) is 3.27. The summed E-state index contributed by atoms with van der Waals surface area (Å²) >= 11 is 0. The number of rotatable bonds is 2. The number of Topliss-reactive ketones (excluding diaryl/α,β-unsaturated/α-hetero) is 1. The zero-order valence-electron chi connectivity index (χ0n) is 9.24. The van der Waals surface area contributed by atoms with Gasteiger partial charge in [0, 0.05) is 12.3 Å². The summed E-state index contributed by atoms with van der Waals surface area (Å²) in [6, 6.07) is 0. The van der Waals surface area contributed by atoms with Gasteiger partial charge >= 0.3 is 5.97 Å². The Morgan fingerprint density at radius 2 is 2.07 bits per heavy atom. The first-order valence-electron chi connectivity index (χ1n) is 5.09. The molecule has 3 unspecified atom stereocenters. The first kappa shape index (κ1) is 11.2. The van der Waals surface area contributed by atoms with Crippen LogP contribution in [0.3, 0.4) is 0 Å². The highest BCUT2D eigenvalue weighted by molar-refractivity contribution is 5.90. The van der Waals surface area contributed by atoms with Gasteiger partial charge in [-0.3, -0.25) is 9.59 Å². The molecule has 14 heavy (non-hydrogen) atoms. The smallest absolute Gasteiger partial charge is 0.309 e. The average Bonchev–Trinajstić information content (AvgIpc) is 2.43. The van der Waals surface area contributed by atoms with Crippen LogP contribution in [0.15, 0.2) is 0 Å². The van der Waals surface area contributed by atoms with Gasteiger partial charge in [-0.25, -0.2) is 0 Å². The number of carbonyl (C=O) groups excluding carboxylic acids is 2. The Bertz CT molecular complexity index is 245. The van der Waals surface area contributed by atoms with Crippen LogP contribution in [0.4, 0.5) is 0 Å². The van der Waals surface area contributed by atoms with Gasteiger partial charge < -0.3 is 4.74 Å². The van der Waals surface area contributed by atoms with Crippen molar-refractivity contribution in [3.05, 3.63) is 0 Å². The van der Waals surface area contributed by atoms with E-state index in [1.165, 1.54) is 7.11 Å². The maximum Gasteiger partial charge on any atom is 0.309 e. The largest absolute Gasteiger partial charge is 0.469 e. The molecule has 0 aromatic rings. The topological polar surface area (TPSA) is 43.4 Å². The van der Waals surface area contributed by atoms with Crippen molar-refractivity contribution in [3.63, 3.8) is 0 Å². The molecule has 80 valence electrons. The Balaban J connectivity index is 2.86. The van der Waals surface area contributed by atoms with E-state index in [2.05, 4.69) is 0 Å². The lowest BCUT2D eigenvalue weighted by Crippen LogP contribution is -2.28. The van der Waals surface area contributed by atoms with Crippen LogP contribution in [0.1, 0.15) is 27.2 Å². The number of carbonyl (C=O) groups is 2. The van der Waals surface area contributed by atoms with Crippen LogP contribution in [-0.2, 0) is 14.3 Å². The lowest BCUT2D eigenvalue weighted by atomic mass is 9.83. The van der Waals surface area contributed by atoms with Gasteiger partial charge in [0.1, 0.15) is 5.78 Å². The summed E-state index contributed by atoms with van der Waals surface area (Å²) < 4.78 is 4.74. The molecule has 0 aromatic carbocycles. The van der Waals surface area contributed by atoms with E-state index >= 15 is 0 Å². The summed E-state index contributed by atoms with van der Waals surface area (Å²) in [6.07, 6.45) is 0.526. The van der Waals surface area contributed by atoms with E-state index < -0.39 is 0 Å². The van der Waals surface area contributed by atoms with Crippen LogP contribution in [0.2, 0.25) is 0 Å². The minimum atomic E-state index is -0.234. The number of esters is 1. The van der Waals surface area contributed by atoms with E-state index in [1.807, 2.05) is 20.8 Å². The fourth-order valence-electron chi connectivity index (χ4n) is 2.28. The van der Waals surface area contributed by atoms with Gasteiger partial charge in [0.25, 0.3) is 0 Å². The standard InChI is InChI=1S/C11H18O3/c1-6(2)8-5-9(12)7(3)10(8)11(13)14-4/h6-8,10H,5H2,1-4H3. The SMILES string of the molecule is COC(=O)C1C(C)C(=O)CC1C(C)C. The minimum Gasteiger partial charge on any atom is -0.469 e. The predicted octanol–water partition coefficient (Wildman–Crippen LogP) is 1.66. The molecule has 0 N–H and O–H groups in total. The van der Waals surface area contributed by atoms with E-state index in [4.69, 9.17) is 4.74 Å². The molecular formula is C11H18O3. The Labute approximate surface area is 84.8 Å². The molecule has 3 atom stereocenters. The monoisotopic (exact) mass is 198 g/mol. The Morgan fingerprint density at radius 3 is 2.50 bits per heavy atom. The third kappa shape index (κ3) is 1.81. The van der Waals surface area contributed by atoms with E-state index in [0.29, 0.717) is 12.3 Å². The van der Waals surface area contributed by atoms with E-state index in [0.717, 1.165) is 0 Å². The van der Waals surface area contributed by atoms with Gasteiger partial charge in [0.05, 0.1) is 13.0 Å². The fourth-order valence-corrected chi connectivity index (χ4v) is 2.28. The average molecular weight is 198 g/mol. The second-order valence-corrected chi connectivity index (χ2v) is 4.42. The van der Waals surface area contributed by atoms with Crippen LogP contribution in [0, 0.1) is 23.7 Å². The van der Waals surface area contributed by atoms with Crippen LogP contribution in [-0.4, -0.2) is 18.9 Å². The first-order valence-corrected chi connectivity index (χ1v) is 5.09. The number of ether oxygens (including phenoxy) is 1. The summed E-state index contributed by atoms with van der Waals surface area (Å²) in [5, 5.41) is 0. The van der Waals surface area contributed by atoms with Crippen molar-refractivity contribution < 1.29 is 14.3 Å². The summed E-state index contributed by atoms with van der Waals surface area (Å²) in [6.45, 7) is 5.92. The molecule has 1 aliphatic rings. The fraction of sp³-hybridized carbons (Fsp3) is 0.818. The number of hydrogen-bond acceptors (Lipinski definition) is 3. The minimum absolute atomic E-state index is 0.157. The summed E-state index contributed by atoms with van der Waals surface area (Å²) in [7, 11) is 1.38. The zero-order chi connectivity index (χ0) is 10.9. The lowest BCUT2D eigenvalue weighted by Gasteiger charge is -2.22. The summed E-state index contributed by atoms with van der Waals surface area (Å²) in [5.74, 6) is 0.0708. The van der Waals surface area contributed by atoms with Gasteiger partial charge in [-0.15, -0.1) is 0 Å². The van der Waals surface area contributed by atoms with Gasteiger partial charge in [-0.2, -0.15) is 0 Å². The van der Waals surface area contributed by atoms with Crippen molar-refractivity contribution in [1.82, 2.24) is 0 Å². The second kappa shape index (κ2) is 4.11. The third-order valence-electron chi connectivity index (χ3n) is 3.27.